The van der Waals surface area contributed by atoms with Crippen LogP contribution in [-0.4, -0.2) is 67.2 Å². The van der Waals surface area contributed by atoms with Crippen LogP contribution in [0.5, 0.6) is 11.5 Å². The first kappa shape index (κ1) is 48.9. The highest BCUT2D eigenvalue weighted by atomic mass is 79.9. The fourth-order valence-corrected chi connectivity index (χ4v) is 11.1. The SMILES string of the molecule is COc1ccc(N(CC(O)Cn2c3ccc(Br)cc3c3cc(Br)ccc32)S(=O)(=O)c2ccc([N+](=O)[O-])cc2)cc1.COc1ccc(NCC(F)Cn2c3ccc(Br)cc3c3cc(Br)ccc32)cc1. The minimum atomic E-state index is -4.20. The average molecular weight is 1200 g/mol. The highest BCUT2D eigenvalue weighted by Crippen LogP contribution is 2.36. The van der Waals surface area contributed by atoms with Crippen LogP contribution < -0.4 is 19.1 Å². The predicted octanol–water partition coefficient (Wildman–Crippen LogP) is 13.3. The van der Waals surface area contributed by atoms with Crippen LogP contribution >= 0.6 is 63.7 Å². The Hall–Kier alpha value is -5.50. The summed E-state index contributed by atoms with van der Waals surface area (Å²) >= 11 is 14.2. The van der Waals surface area contributed by atoms with Gasteiger partial charge in [0.15, 0.2) is 0 Å². The molecule has 2 aromatic heterocycles. The van der Waals surface area contributed by atoms with Gasteiger partial charge in [-0.25, -0.2) is 12.8 Å². The highest BCUT2D eigenvalue weighted by molar-refractivity contribution is 9.11. The summed E-state index contributed by atoms with van der Waals surface area (Å²) < 4.78 is 61.9. The molecule has 0 aliphatic rings. The Kier molecular flexibility index (Phi) is 15.1. The summed E-state index contributed by atoms with van der Waals surface area (Å²) in [7, 11) is -1.06. The van der Waals surface area contributed by atoms with E-state index in [0.29, 0.717) is 11.4 Å². The molecule has 2 N–H and O–H groups in total. The van der Waals surface area contributed by atoms with Crippen molar-refractivity contribution in [2.45, 2.75) is 30.3 Å². The monoisotopic (exact) mass is 1190 g/mol. The number of hydrogen-bond donors (Lipinski definition) is 2. The summed E-state index contributed by atoms with van der Waals surface area (Å²) in [5, 5.41) is 29.8. The Morgan fingerprint density at radius 1 is 0.647 bits per heavy atom. The zero-order chi connectivity index (χ0) is 48.3. The van der Waals surface area contributed by atoms with E-state index in [9.17, 15) is 28.0 Å². The van der Waals surface area contributed by atoms with Gasteiger partial charge in [0, 0.05) is 85.9 Å². The Morgan fingerprint density at radius 3 is 1.47 bits per heavy atom. The fourth-order valence-electron chi connectivity index (χ4n) is 8.11. The number of halogens is 5. The molecule has 9 aromatic rings. The van der Waals surface area contributed by atoms with Gasteiger partial charge < -0.3 is 29.0 Å². The molecule has 350 valence electrons. The number of benzene rings is 7. The van der Waals surface area contributed by atoms with E-state index in [-0.39, 0.29) is 36.8 Å². The lowest BCUT2D eigenvalue weighted by Crippen LogP contribution is -2.39. The van der Waals surface area contributed by atoms with Crippen LogP contribution in [0.2, 0.25) is 0 Å². The molecule has 2 heterocycles. The number of fused-ring (bicyclic) bond motifs is 6. The lowest BCUT2D eigenvalue weighted by atomic mass is 10.2. The van der Waals surface area contributed by atoms with Crippen molar-refractivity contribution in [1.82, 2.24) is 9.13 Å². The molecule has 0 aliphatic carbocycles. The number of non-ortho nitro benzene ring substituents is 1. The lowest BCUT2D eigenvalue weighted by Gasteiger charge is -2.27. The summed E-state index contributed by atoms with van der Waals surface area (Å²) in [5.41, 5.74) is 4.81. The molecule has 0 aliphatic heterocycles. The Balaban J connectivity index is 0.000000196. The molecule has 68 heavy (non-hydrogen) atoms. The van der Waals surface area contributed by atoms with Crippen LogP contribution in [0.4, 0.5) is 21.5 Å². The molecule has 2 atom stereocenters. The maximum Gasteiger partial charge on any atom is 0.269 e. The first-order valence-electron chi connectivity index (χ1n) is 21.0. The summed E-state index contributed by atoms with van der Waals surface area (Å²) in [6.45, 7) is 0.374. The first-order chi connectivity index (χ1) is 32.6. The van der Waals surface area contributed by atoms with Crippen molar-refractivity contribution in [3.05, 3.63) is 174 Å². The second-order valence-electron chi connectivity index (χ2n) is 15.7. The molecule has 2 unspecified atom stereocenters. The number of aliphatic hydroxyl groups excluding tert-OH is 1. The first-order valence-corrected chi connectivity index (χ1v) is 25.6. The van der Waals surface area contributed by atoms with Gasteiger partial charge in [-0.05, 0) is 133 Å². The van der Waals surface area contributed by atoms with Crippen LogP contribution in [0.25, 0.3) is 43.6 Å². The van der Waals surface area contributed by atoms with E-state index in [4.69, 9.17) is 9.47 Å². The number of nitro groups is 1. The number of rotatable bonds is 15. The van der Waals surface area contributed by atoms with E-state index in [2.05, 4.69) is 85.7 Å². The highest BCUT2D eigenvalue weighted by Gasteiger charge is 2.29. The standard InChI is InChI=1S/C28H23Br2N3O6S.C22H19Br2FN2O/c1-39-23-8-4-20(5-9-23)32(40(37,38)24-10-6-21(7-11-24)33(35)36)17-22(34)16-31-27-12-2-18(29)14-25(27)26-15-19(30)3-13-28(26)31;1-28-18-6-4-17(5-7-18)26-12-16(25)13-27-21-8-2-14(23)10-19(21)20-11-15(24)3-9-22(20)27/h2-15,22,34H,16-17H2,1H3;2-11,16,26H,12-13H2,1H3. The molecule has 7 aromatic carbocycles. The van der Waals surface area contributed by atoms with Gasteiger partial charge in [0.1, 0.15) is 17.7 Å². The van der Waals surface area contributed by atoms with E-state index < -0.39 is 27.2 Å². The molecule has 0 bridgehead atoms. The topological polar surface area (TPSA) is 141 Å². The van der Waals surface area contributed by atoms with Gasteiger partial charge in [-0.2, -0.15) is 0 Å². The van der Waals surface area contributed by atoms with Gasteiger partial charge in [-0.15, -0.1) is 0 Å². The number of aliphatic hydroxyl groups is 1. The summed E-state index contributed by atoms with van der Waals surface area (Å²) in [6, 6.07) is 42.6. The smallest absolute Gasteiger partial charge is 0.269 e. The van der Waals surface area contributed by atoms with Gasteiger partial charge in [-0.3, -0.25) is 14.4 Å². The van der Waals surface area contributed by atoms with Crippen molar-refractivity contribution < 1.29 is 32.3 Å². The normalized spacial score (nSPS) is 12.5. The average Bonchev–Trinajstić information content (AvgIpc) is 3.79. The second-order valence-corrected chi connectivity index (χ2v) is 21.2. The van der Waals surface area contributed by atoms with Crippen LogP contribution in [0.15, 0.2) is 168 Å². The molecule has 0 amide bonds. The van der Waals surface area contributed by atoms with Crippen molar-refractivity contribution >= 4 is 134 Å². The molecule has 0 spiro atoms. The van der Waals surface area contributed by atoms with Gasteiger partial charge >= 0.3 is 0 Å². The zero-order valence-corrected chi connectivity index (χ0v) is 43.5. The van der Waals surface area contributed by atoms with E-state index in [0.717, 1.165) is 89.4 Å². The van der Waals surface area contributed by atoms with Crippen LogP contribution in [0.1, 0.15) is 0 Å². The summed E-state index contributed by atoms with van der Waals surface area (Å²) in [4.78, 5) is 10.4. The molecule has 18 heteroatoms. The largest absolute Gasteiger partial charge is 0.497 e. The number of aromatic nitrogens is 2. The van der Waals surface area contributed by atoms with Crippen molar-refractivity contribution in [1.29, 1.82) is 0 Å². The Labute approximate surface area is 425 Å². The Morgan fingerprint density at radius 2 is 1.06 bits per heavy atom. The van der Waals surface area contributed by atoms with Gasteiger partial charge in [0.2, 0.25) is 0 Å². The molecule has 0 radical (unpaired) electrons. The zero-order valence-electron chi connectivity index (χ0n) is 36.3. The number of nitro benzene ring substituents is 1. The summed E-state index contributed by atoms with van der Waals surface area (Å²) in [6.07, 6.45) is -2.14. The van der Waals surface area contributed by atoms with Crippen molar-refractivity contribution in [3.8, 4) is 11.5 Å². The van der Waals surface area contributed by atoms with E-state index in [1.165, 1.54) is 19.2 Å². The number of ether oxygens (including phenoxy) is 2. The van der Waals surface area contributed by atoms with Crippen molar-refractivity contribution in [2.24, 2.45) is 0 Å². The van der Waals surface area contributed by atoms with Crippen LogP contribution in [0.3, 0.4) is 0 Å². The van der Waals surface area contributed by atoms with Crippen LogP contribution in [0, 0.1) is 10.1 Å². The van der Waals surface area contributed by atoms with E-state index in [1.54, 1.807) is 31.4 Å². The molecule has 12 nitrogen and oxygen atoms in total. The minimum Gasteiger partial charge on any atom is -0.497 e. The van der Waals surface area contributed by atoms with Gasteiger partial charge in [0.25, 0.3) is 15.7 Å². The third kappa shape index (κ3) is 10.7. The molecule has 0 saturated carbocycles. The number of nitrogens with zero attached hydrogens (tertiary/aromatic N) is 4. The quantitative estimate of drug-likeness (QED) is 0.0764. The fraction of sp³-hybridized carbons (Fsp3) is 0.160. The number of sulfonamides is 1. The number of nitrogens with one attached hydrogen (secondary N) is 1. The Bertz CT molecular complexity index is 3270. The maximum absolute atomic E-state index is 14.9. The van der Waals surface area contributed by atoms with Crippen molar-refractivity contribution in [2.75, 3.05) is 36.9 Å². The number of anilines is 2. The van der Waals surface area contributed by atoms with Crippen molar-refractivity contribution in [3.63, 3.8) is 0 Å². The molecular weight excluding hydrogens is 1150 g/mol. The van der Waals surface area contributed by atoms with Gasteiger partial charge in [-0.1, -0.05) is 63.7 Å². The minimum absolute atomic E-state index is 0.117. The van der Waals surface area contributed by atoms with Gasteiger partial charge in [0.05, 0.1) is 55.5 Å². The molecule has 0 saturated heterocycles. The summed E-state index contributed by atoms with van der Waals surface area (Å²) in [5.74, 6) is 1.32. The predicted molar refractivity (Wildman–Crippen MR) is 283 cm³/mol. The van der Waals surface area contributed by atoms with Crippen LogP contribution in [-0.2, 0) is 23.1 Å². The number of alkyl halides is 1. The second kappa shape index (κ2) is 21.0. The number of hydrogen-bond acceptors (Lipinski definition) is 8. The number of methoxy groups -OCH3 is 2. The van der Waals surface area contributed by atoms with E-state index >= 15 is 0 Å². The lowest BCUT2D eigenvalue weighted by molar-refractivity contribution is -0.384. The molecule has 9 rings (SSSR count). The molecular formula is C50H42Br4FN5O7S. The maximum atomic E-state index is 14.9. The van der Waals surface area contributed by atoms with E-state index in [1.807, 2.05) is 89.5 Å². The third-order valence-corrected chi connectivity index (χ3v) is 15.1. The third-order valence-electron chi connectivity index (χ3n) is 11.3. The molecule has 0 fully saturated rings.